The van der Waals surface area contributed by atoms with Gasteiger partial charge in [-0.15, -0.1) is 0 Å². The molecule has 0 amide bonds. The van der Waals surface area contributed by atoms with E-state index in [1.807, 2.05) is 22.7 Å². The molecule has 3 heteroatoms. The molecule has 3 rings (SSSR count). The zero-order valence-corrected chi connectivity index (χ0v) is 7.98. The second kappa shape index (κ2) is 2.74. The molecule has 1 aliphatic carbocycles. The van der Waals surface area contributed by atoms with Gasteiger partial charge in [-0.25, -0.2) is 4.98 Å². The number of anilines is 1. The Kier molecular flexibility index (Phi) is 1.54. The summed E-state index contributed by atoms with van der Waals surface area (Å²) in [6.07, 6.45) is 8.03. The van der Waals surface area contributed by atoms with Crippen molar-refractivity contribution in [2.45, 2.75) is 25.2 Å². The first-order chi connectivity index (χ1) is 6.83. The van der Waals surface area contributed by atoms with Crippen molar-refractivity contribution in [1.82, 2.24) is 9.38 Å². The second-order valence-electron chi connectivity index (χ2n) is 4.02. The van der Waals surface area contributed by atoms with Gasteiger partial charge in [0.25, 0.3) is 0 Å². The van der Waals surface area contributed by atoms with Gasteiger partial charge in [-0.3, -0.25) is 0 Å². The lowest BCUT2D eigenvalue weighted by Gasteiger charge is -2.22. The number of pyridine rings is 1. The van der Waals surface area contributed by atoms with Gasteiger partial charge in [0.05, 0.1) is 5.69 Å². The van der Waals surface area contributed by atoms with E-state index < -0.39 is 0 Å². The van der Waals surface area contributed by atoms with E-state index >= 15 is 0 Å². The van der Waals surface area contributed by atoms with E-state index in [-0.39, 0.29) is 0 Å². The molecule has 2 heterocycles. The van der Waals surface area contributed by atoms with Crippen LogP contribution in [0.3, 0.4) is 0 Å². The highest BCUT2D eigenvalue weighted by Gasteiger charge is 2.21. The van der Waals surface area contributed by atoms with Crippen LogP contribution in [0.1, 0.15) is 30.9 Å². The zero-order chi connectivity index (χ0) is 9.54. The third-order valence-electron chi connectivity index (χ3n) is 3.03. The Bertz CT molecular complexity index is 468. The molecule has 2 aromatic heterocycles. The Hall–Kier alpha value is -1.51. The van der Waals surface area contributed by atoms with E-state index in [9.17, 15) is 0 Å². The van der Waals surface area contributed by atoms with Crippen LogP contribution in [0.4, 0.5) is 5.69 Å². The number of nitrogens with two attached hydrogens (primary N) is 1. The van der Waals surface area contributed by atoms with Crippen molar-refractivity contribution in [2.75, 3.05) is 5.73 Å². The summed E-state index contributed by atoms with van der Waals surface area (Å²) in [4.78, 5) is 4.58. The molecule has 14 heavy (non-hydrogen) atoms. The lowest BCUT2D eigenvalue weighted by molar-refractivity contribution is 0.412. The number of rotatable bonds is 1. The summed E-state index contributed by atoms with van der Waals surface area (Å²) < 4.78 is 2.05. The van der Waals surface area contributed by atoms with Crippen molar-refractivity contribution in [2.24, 2.45) is 0 Å². The molecule has 0 radical (unpaired) electrons. The van der Waals surface area contributed by atoms with Gasteiger partial charge in [0.1, 0.15) is 5.65 Å². The van der Waals surface area contributed by atoms with Gasteiger partial charge >= 0.3 is 0 Å². The average Bonchev–Trinajstić information content (AvgIpc) is 2.43. The molecule has 0 bridgehead atoms. The van der Waals surface area contributed by atoms with Crippen LogP contribution < -0.4 is 5.73 Å². The van der Waals surface area contributed by atoms with Crippen LogP contribution in [-0.2, 0) is 0 Å². The van der Waals surface area contributed by atoms with Gasteiger partial charge in [0.15, 0.2) is 0 Å². The SMILES string of the molecule is Nc1ccn2cc(C3CCC3)nc2c1. The van der Waals surface area contributed by atoms with Gasteiger partial charge < -0.3 is 10.1 Å². The predicted molar refractivity (Wildman–Crippen MR) is 56.2 cm³/mol. The molecular weight excluding hydrogens is 174 g/mol. The molecule has 3 nitrogen and oxygen atoms in total. The van der Waals surface area contributed by atoms with E-state index in [4.69, 9.17) is 5.73 Å². The van der Waals surface area contributed by atoms with Crippen LogP contribution in [0, 0.1) is 0 Å². The highest BCUT2D eigenvalue weighted by molar-refractivity contribution is 5.52. The van der Waals surface area contributed by atoms with Gasteiger partial charge in [0, 0.05) is 30.1 Å². The minimum Gasteiger partial charge on any atom is -0.399 e. The van der Waals surface area contributed by atoms with Crippen LogP contribution in [0.15, 0.2) is 24.5 Å². The number of fused-ring (bicyclic) bond motifs is 1. The predicted octanol–water partition coefficient (Wildman–Crippen LogP) is 2.18. The monoisotopic (exact) mass is 187 g/mol. The summed E-state index contributed by atoms with van der Waals surface area (Å²) in [6, 6.07) is 3.82. The van der Waals surface area contributed by atoms with E-state index in [0.29, 0.717) is 5.92 Å². The van der Waals surface area contributed by atoms with E-state index in [2.05, 4.69) is 11.2 Å². The second-order valence-corrected chi connectivity index (χ2v) is 4.02. The van der Waals surface area contributed by atoms with Gasteiger partial charge in [0.2, 0.25) is 0 Å². The molecular formula is C11H13N3. The minimum atomic E-state index is 0.691. The Labute approximate surface area is 82.6 Å². The van der Waals surface area contributed by atoms with Gasteiger partial charge in [-0.05, 0) is 18.9 Å². The van der Waals surface area contributed by atoms with Gasteiger partial charge in [-0.1, -0.05) is 6.42 Å². The van der Waals surface area contributed by atoms with Crippen molar-refractivity contribution in [3.05, 3.63) is 30.2 Å². The maximum atomic E-state index is 5.70. The van der Waals surface area contributed by atoms with Crippen molar-refractivity contribution >= 4 is 11.3 Å². The number of nitrogens with zero attached hydrogens (tertiary/aromatic N) is 2. The smallest absolute Gasteiger partial charge is 0.139 e. The molecule has 1 aliphatic rings. The Morgan fingerprint density at radius 3 is 3.00 bits per heavy atom. The van der Waals surface area contributed by atoms with Gasteiger partial charge in [-0.2, -0.15) is 0 Å². The lowest BCUT2D eigenvalue weighted by atomic mass is 9.83. The first-order valence-electron chi connectivity index (χ1n) is 5.07. The van der Waals surface area contributed by atoms with E-state index in [0.717, 1.165) is 11.3 Å². The Morgan fingerprint density at radius 1 is 1.43 bits per heavy atom. The molecule has 0 spiro atoms. The number of nitrogen functional groups attached to an aromatic ring is 1. The molecule has 0 unspecified atom stereocenters. The Morgan fingerprint density at radius 2 is 2.29 bits per heavy atom. The van der Waals surface area contributed by atoms with E-state index in [1.165, 1.54) is 25.0 Å². The van der Waals surface area contributed by atoms with Crippen molar-refractivity contribution < 1.29 is 0 Å². The number of hydrogen-bond acceptors (Lipinski definition) is 2. The van der Waals surface area contributed by atoms with E-state index in [1.54, 1.807) is 0 Å². The topological polar surface area (TPSA) is 43.3 Å². The van der Waals surface area contributed by atoms with Crippen LogP contribution in [-0.4, -0.2) is 9.38 Å². The summed E-state index contributed by atoms with van der Waals surface area (Å²) in [5.41, 5.74) is 8.67. The third kappa shape index (κ3) is 1.09. The molecule has 0 aliphatic heterocycles. The molecule has 0 saturated heterocycles. The first-order valence-corrected chi connectivity index (χ1v) is 5.07. The van der Waals surface area contributed by atoms with Crippen LogP contribution in [0.5, 0.6) is 0 Å². The summed E-state index contributed by atoms with van der Waals surface area (Å²) >= 11 is 0. The minimum absolute atomic E-state index is 0.691. The quantitative estimate of drug-likeness (QED) is 0.743. The summed E-state index contributed by atoms with van der Waals surface area (Å²) in [6.45, 7) is 0. The largest absolute Gasteiger partial charge is 0.399 e. The van der Waals surface area contributed by atoms with Crippen molar-refractivity contribution in [3.63, 3.8) is 0 Å². The molecule has 0 aromatic carbocycles. The van der Waals surface area contributed by atoms with Crippen LogP contribution in [0.25, 0.3) is 5.65 Å². The summed E-state index contributed by atoms with van der Waals surface area (Å²) in [5, 5.41) is 0. The molecule has 1 saturated carbocycles. The molecule has 2 aromatic rings. The molecule has 1 fully saturated rings. The fraction of sp³-hybridized carbons (Fsp3) is 0.364. The fourth-order valence-corrected chi connectivity index (χ4v) is 1.92. The third-order valence-corrected chi connectivity index (χ3v) is 3.03. The molecule has 0 atom stereocenters. The maximum absolute atomic E-state index is 5.70. The van der Waals surface area contributed by atoms with Crippen molar-refractivity contribution in [1.29, 1.82) is 0 Å². The molecule has 2 N–H and O–H groups in total. The summed E-state index contributed by atoms with van der Waals surface area (Å²) in [7, 11) is 0. The normalized spacial score (nSPS) is 17.1. The zero-order valence-electron chi connectivity index (χ0n) is 7.98. The first kappa shape index (κ1) is 7.85. The Balaban J connectivity index is 2.10. The van der Waals surface area contributed by atoms with Crippen LogP contribution in [0.2, 0.25) is 0 Å². The number of aromatic nitrogens is 2. The summed E-state index contributed by atoms with van der Waals surface area (Å²) in [5.74, 6) is 0.691. The lowest BCUT2D eigenvalue weighted by Crippen LogP contribution is -2.08. The average molecular weight is 187 g/mol. The maximum Gasteiger partial charge on any atom is 0.139 e. The van der Waals surface area contributed by atoms with Crippen molar-refractivity contribution in [3.8, 4) is 0 Å². The standard InChI is InChI=1S/C11H13N3/c12-9-4-5-14-7-10(8-2-1-3-8)13-11(14)6-9/h4-8H,1-3,12H2. The highest BCUT2D eigenvalue weighted by atomic mass is 15.0. The van der Waals surface area contributed by atoms with Crippen LogP contribution >= 0.6 is 0 Å². The highest BCUT2D eigenvalue weighted by Crippen LogP contribution is 2.35. The molecule has 72 valence electrons. The number of imidazole rings is 1. The number of hydrogen-bond donors (Lipinski definition) is 1. The fourth-order valence-electron chi connectivity index (χ4n) is 1.92.